The summed E-state index contributed by atoms with van der Waals surface area (Å²) >= 11 is 0. The van der Waals surface area contributed by atoms with E-state index in [-0.39, 0.29) is 18.1 Å². The molecule has 1 aromatic rings. The van der Waals surface area contributed by atoms with Gasteiger partial charge in [-0.3, -0.25) is 9.69 Å². The number of hydrogen-bond acceptors (Lipinski definition) is 3. The molecule has 102 valence electrons. The van der Waals surface area contributed by atoms with E-state index in [9.17, 15) is 4.79 Å². The molecule has 1 aromatic carbocycles. The minimum absolute atomic E-state index is 0.0378. The molecule has 0 aromatic heterocycles. The number of likely N-dealkylation sites (N-methyl/N-ethyl adjacent to an activating group) is 1. The zero-order valence-corrected chi connectivity index (χ0v) is 11.2. The number of aliphatic hydroxyl groups excluding tert-OH is 1. The molecule has 1 saturated carbocycles. The second-order valence-corrected chi connectivity index (χ2v) is 5.85. The fourth-order valence-electron chi connectivity index (χ4n) is 3.44. The molecule has 1 aliphatic carbocycles. The van der Waals surface area contributed by atoms with Gasteiger partial charge in [0.25, 0.3) is 0 Å². The number of aliphatic hydroxyl groups is 1. The van der Waals surface area contributed by atoms with Gasteiger partial charge < -0.3 is 10.4 Å². The van der Waals surface area contributed by atoms with Gasteiger partial charge in [0.2, 0.25) is 5.91 Å². The molecule has 3 fully saturated rings. The predicted octanol–water partition coefficient (Wildman–Crippen LogP) is 0.889. The van der Waals surface area contributed by atoms with Crippen molar-refractivity contribution in [3.63, 3.8) is 0 Å². The lowest BCUT2D eigenvalue weighted by Gasteiger charge is -2.39. The molecule has 2 saturated heterocycles. The number of amides is 1. The number of rotatable bonds is 4. The SMILES string of the molecule is CN1CC2CC1(C(=O)NCc1cccc(CO)c1)C2. The summed E-state index contributed by atoms with van der Waals surface area (Å²) in [6.45, 7) is 1.62. The average Bonchev–Trinajstić information content (AvgIpc) is 2.88. The van der Waals surface area contributed by atoms with E-state index in [1.165, 1.54) is 0 Å². The van der Waals surface area contributed by atoms with Gasteiger partial charge in [0.15, 0.2) is 0 Å². The monoisotopic (exact) mass is 260 g/mol. The Morgan fingerprint density at radius 3 is 2.84 bits per heavy atom. The molecule has 19 heavy (non-hydrogen) atoms. The van der Waals surface area contributed by atoms with Crippen molar-refractivity contribution in [2.45, 2.75) is 31.5 Å². The number of nitrogens with one attached hydrogen (secondary N) is 1. The van der Waals surface area contributed by atoms with Crippen LogP contribution in [0.15, 0.2) is 24.3 Å². The van der Waals surface area contributed by atoms with Gasteiger partial charge in [0, 0.05) is 13.1 Å². The van der Waals surface area contributed by atoms with Crippen LogP contribution < -0.4 is 5.32 Å². The fraction of sp³-hybridized carbons (Fsp3) is 0.533. The molecule has 2 N–H and O–H groups in total. The average molecular weight is 260 g/mol. The predicted molar refractivity (Wildman–Crippen MR) is 72.3 cm³/mol. The first-order valence-corrected chi connectivity index (χ1v) is 6.82. The van der Waals surface area contributed by atoms with E-state index in [4.69, 9.17) is 5.11 Å². The van der Waals surface area contributed by atoms with Crippen LogP contribution >= 0.6 is 0 Å². The molecule has 4 nitrogen and oxygen atoms in total. The molecule has 2 heterocycles. The van der Waals surface area contributed by atoms with E-state index in [1.54, 1.807) is 0 Å². The second kappa shape index (κ2) is 4.62. The Morgan fingerprint density at radius 1 is 1.47 bits per heavy atom. The number of carbonyl (C=O) groups excluding carboxylic acids is 1. The highest BCUT2D eigenvalue weighted by atomic mass is 16.3. The topological polar surface area (TPSA) is 52.6 Å². The van der Waals surface area contributed by atoms with Gasteiger partial charge in [0.1, 0.15) is 5.54 Å². The second-order valence-electron chi connectivity index (χ2n) is 5.85. The Labute approximate surface area is 113 Å². The van der Waals surface area contributed by atoms with Gasteiger partial charge in [-0.15, -0.1) is 0 Å². The van der Waals surface area contributed by atoms with Gasteiger partial charge in [0.05, 0.1) is 6.61 Å². The Morgan fingerprint density at radius 2 is 2.21 bits per heavy atom. The fourth-order valence-corrected chi connectivity index (χ4v) is 3.44. The summed E-state index contributed by atoms with van der Waals surface area (Å²) in [5.41, 5.74) is 1.68. The van der Waals surface area contributed by atoms with Crippen LogP contribution in [0, 0.1) is 5.92 Å². The molecule has 1 amide bonds. The van der Waals surface area contributed by atoms with Crippen molar-refractivity contribution in [3.8, 4) is 0 Å². The standard InChI is InChI=1S/C15H20N2O2/c1-17-9-13-6-15(17,7-13)14(19)16-8-11-3-2-4-12(5-11)10-18/h2-5,13,18H,6-10H2,1H3,(H,16,19). The normalized spacial score (nSPS) is 29.1. The van der Waals surface area contributed by atoms with Crippen LogP contribution in [0.5, 0.6) is 0 Å². The van der Waals surface area contributed by atoms with E-state index in [0.29, 0.717) is 12.5 Å². The maximum atomic E-state index is 12.3. The molecule has 0 unspecified atom stereocenters. The number of nitrogens with zero attached hydrogens (tertiary/aromatic N) is 1. The highest BCUT2D eigenvalue weighted by Gasteiger charge is 2.58. The zero-order valence-electron chi connectivity index (χ0n) is 11.2. The molecule has 3 aliphatic rings. The molecular formula is C15H20N2O2. The number of benzene rings is 1. The van der Waals surface area contributed by atoms with Crippen LogP contribution in [0.1, 0.15) is 24.0 Å². The minimum Gasteiger partial charge on any atom is -0.392 e. The minimum atomic E-state index is -0.237. The first-order chi connectivity index (χ1) is 9.14. The third-order valence-electron chi connectivity index (χ3n) is 4.57. The maximum Gasteiger partial charge on any atom is 0.240 e. The lowest BCUT2D eigenvalue weighted by atomic mass is 9.72. The van der Waals surface area contributed by atoms with Crippen molar-refractivity contribution in [1.82, 2.24) is 10.2 Å². The van der Waals surface area contributed by atoms with E-state index in [2.05, 4.69) is 10.2 Å². The van der Waals surface area contributed by atoms with Crippen LogP contribution in [0.25, 0.3) is 0 Å². The largest absolute Gasteiger partial charge is 0.392 e. The van der Waals surface area contributed by atoms with Crippen LogP contribution in [-0.2, 0) is 17.9 Å². The Balaban J connectivity index is 1.62. The van der Waals surface area contributed by atoms with Crippen LogP contribution in [0.3, 0.4) is 0 Å². The van der Waals surface area contributed by atoms with Crippen LogP contribution in [0.4, 0.5) is 0 Å². The first-order valence-electron chi connectivity index (χ1n) is 6.82. The molecule has 2 aliphatic heterocycles. The quantitative estimate of drug-likeness (QED) is 0.845. The number of hydrogen-bond donors (Lipinski definition) is 2. The summed E-state index contributed by atoms with van der Waals surface area (Å²) in [7, 11) is 2.04. The third kappa shape index (κ3) is 2.05. The maximum absolute atomic E-state index is 12.3. The number of fused-ring (bicyclic) bond motifs is 1. The van der Waals surface area contributed by atoms with Crippen molar-refractivity contribution in [3.05, 3.63) is 35.4 Å². The summed E-state index contributed by atoms with van der Waals surface area (Å²) in [4.78, 5) is 14.5. The van der Waals surface area contributed by atoms with E-state index in [0.717, 1.165) is 30.5 Å². The Bertz CT molecular complexity index is 495. The van der Waals surface area contributed by atoms with Crippen molar-refractivity contribution < 1.29 is 9.90 Å². The molecule has 4 rings (SSSR count). The zero-order chi connectivity index (χ0) is 13.5. The summed E-state index contributed by atoms with van der Waals surface area (Å²) in [6.07, 6.45) is 2.01. The van der Waals surface area contributed by atoms with Crippen molar-refractivity contribution in [2.75, 3.05) is 13.6 Å². The van der Waals surface area contributed by atoms with Crippen LogP contribution in [-0.4, -0.2) is 35.0 Å². The third-order valence-corrected chi connectivity index (χ3v) is 4.57. The van der Waals surface area contributed by atoms with Gasteiger partial charge in [-0.25, -0.2) is 0 Å². The first kappa shape index (κ1) is 12.6. The smallest absolute Gasteiger partial charge is 0.240 e. The highest BCUT2D eigenvalue weighted by Crippen LogP contribution is 2.49. The lowest BCUT2D eigenvalue weighted by Crippen LogP contribution is -2.56. The van der Waals surface area contributed by atoms with Gasteiger partial charge in [-0.1, -0.05) is 24.3 Å². The number of carbonyl (C=O) groups is 1. The van der Waals surface area contributed by atoms with Gasteiger partial charge in [-0.2, -0.15) is 0 Å². The van der Waals surface area contributed by atoms with Crippen LogP contribution in [0.2, 0.25) is 0 Å². The molecular weight excluding hydrogens is 240 g/mol. The summed E-state index contributed by atoms with van der Waals surface area (Å²) in [5.74, 6) is 0.867. The molecule has 0 radical (unpaired) electrons. The van der Waals surface area contributed by atoms with E-state index < -0.39 is 0 Å². The summed E-state index contributed by atoms with van der Waals surface area (Å²) in [6, 6.07) is 7.69. The Kier molecular flexibility index (Phi) is 3.07. The molecule has 2 bridgehead atoms. The van der Waals surface area contributed by atoms with E-state index in [1.807, 2.05) is 31.3 Å². The van der Waals surface area contributed by atoms with E-state index >= 15 is 0 Å². The lowest BCUT2D eigenvalue weighted by molar-refractivity contribution is -0.134. The summed E-state index contributed by atoms with van der Waals surface area (Å²) in [5, 5.41) is 12.1. The molecule has 0 atom stereocenters. The van der Waals surface area contributed by atoms with Gasteiger partial charge in [-0.05, 0) is 36.9 Å². The molecule has 4 heteroatoms. The molecule has 0 spiro atoms. The van der Waals surface area contributed by atoms with Crippen molar-refractivity contribution in [1.29, 1.82) is 0 Å². The van der Waals surface area contributed by atoms with Crippen molar-refractivity contribution >= 4 is 5.91 Å². The Hall–Kier alpha value is -1.39. The highest BCUT2D eigenvalue weighted by molar-refractivity contribution is 5.88. The van der Waals surface area contributed by atoms with Gasteiger partial charge >= 0.3 is 0 Å². The van der Waals surface area contributed by atoms with Crippen molar-refractivity contribution in [2.24, 2.45) is 5.92 Å². The summed E-state index contributed by atoms with van der Waals surface area (Å²) < 4.78 is 0.